The van der Waals surface area contributed by atoms with Gasteiger partial charge in [-0.3, -0.25) is 0 Å². The van der Waals surface area contributed by atoms with Crippen LogP contribution in [0.3, 0.4) is 0 Å². The third-order valence-electron chi connectivity index (χ3n) is 3.55. The Morgan fingerprint density at radius 2 is 1.71 bits per heavy atom. The van der Waals surface area contributed by atoms with Crippen molar-refractivity contribution in [1.29, 1.82) is 0 Å². The predicted molar refractivity (Wildman–Crippen MR) is 77.9 cm³/mol. The largest absolute Gasteiger partial charge is 0.118 e. The van der Waals surface area contributed by atoms with E-state index in [1.54, 1.807) is 0 Å². The Bertz CT molecular complexity index is 343. The number of rotatable bonds is 6. The smallest absolute Gasteiger partial charge is 0.0610 e. The van der Waals surface area contributed by atoms with Gasteiger partial charge in [0, 0.05) is 0 Å². The van der Waals surface area contributed by atoms with Crippen molar-refractivity contribution in [3.8, 4) is 0 Å². The van der Waals surface area contributed by atoms with E-state index in [2.05, 4.69) is 45.9 Å². The van der Waals surface area contributed by atoms with Crippen LogP contribution in [0.5, 0.6) is 0 Å². The van der Waals surface area contributed by atoms with Crippen molar-refractivity contribution in [3.63, 3.8) is 0 Å². The van der Waals surface area contributed by atoms with E-state index in [1.165, 1.54) is 29.5 Å². The van der Waals surface area contributed by atoms with Crippen molar-refractivity contribution in [2.75, 3.05) is 0 Å². The van der Waals surface area contributed by atoms with Crippen LogP contribution < -0.4 is 0 Å². The summed E-state index contributed by atoms with van der Waals surface area (Å²) >= 11 is 6.56. The number of aryl methyl sites for hydroxylation is 2. The quantitative estimate of drug-likeness (QED) is 0.584. The lowest BCUT2D eigenvalue weighted by molar-refractivity contribution is 0.507. The van der Waals surface area contributed by atoms with Crippen LogP contribution in [0.15, 0.2) is 18.2 Å². The Balaban J connectivity index is 2.91. The standard InChI is InChI=1S/C16H25Cl/c1-5-8-12(4)16(17)15-10-9-13(6-2)14(7-3)11-15/h9-12,16H,5-8H2,1-4H3. The molecule has 0 bridgehead atoms. The van der Waals surface area contributed by atoms with Crippen LogP contribution in [-0.2, 0) is 12.8 Å². The molecule has 0 aliphatic carbocycles. The van der Waals surface area contributed by atoms with Crippen LogP contribution in [-0.4, -0.2) is 0 Å². The van der Waals surface area contributed by atoms with E-state index in [0.29, 0.717) is 5.92 Å². The summed E-state index contributed by atoms with van der Waals surface area (Å²) in [5.41, 5.74) is 4.21. The zero-order chi connectivity index (χ0) is 12.8. The normalized spacial score (nSPS) is 14.6. The van der Waals surface area contributed by atoms with Gasteiger partial charge in [0.25, 0.3) is 0 Å². The van der Waals surface area contributed by atoms with Crippen LogP contribution in [0.4, 0.5) is 0 Å². The second-order valence-corrected chi connectivity index (χ2v) is 5.37. The lowest BCUT2D eigenvalue weighted by Gasteiger charge is -2.19. The number of benzene rings is 1. The van der Waals surface area contributed by atoms with Crippen LogP contribution in [0.1, 0.15) is 62.6 Å². The first-order valence-electron chi connectivity index (χ1n) is 6.89. The molecule has 2 unspecified atom stereocenters. The lowest BCUT2D eigenvalue weighted by Crippen LogP contribution is -2.05. The van der Waals surface area contributed by atoms with E-state index >= 15 is 0 Å². The summed E-state index contributed by atoms with van der Waals surface area (Å²) < 4.78 is 0. The second kappa shape index (κ2) is 7.06. The van der Waals surface area contributed by atoms with Gasteiger partial charge in [0.2, 0.25) is 0 Å². The molecule has 96 valence electrons. The molecule has 0 radical (unpaired) electrons. The van der Waals surface area contributed by atoms with Crippen LogP contribution in [0.25, 0.3) is 0 Å². The fraction of sp³-hybridized carbons (Fsp3) is 0.625. The van der Waals surface area contributed by atoms with Gasteiger partial charge < -0.3 is 0 Å². The molecule has 17 heavy (non-hydrogen) atoms. The zero-order valence-electron chi connectivity index (χ0n) is 11.6. The Hall–Kier alpha value is -0.490. The fourth-order valence-corrected chi connectivity index (χ4v) is 2.68. The van der Waals surface area contributed by atoms with Crippen molar-refractivity contribution in [1.82, 2.24) is 0 Å². The highest BCUT2D eigenvalue weighted by Gasteiger charge is 2.16. The Morgan fingerprint density at radius 3 is 2.24 bits per heavy atom. The Kier molecular flexibility index (Phi) is 6.05. The minimum absolute atomic E-state index is 0.158. The summed E-state index contributed by atoms with van der Waals surface area (Å²) in [7, 11) is 0. The maximum absolute atomic E-state index is 6.56. The van der Waals surface area contributed by atoms with Gasteiger partial charge in [-0.15, -0.1) is 11.6 Å². The van der Waals surface area contributed by atoms with Crippen LogP contribution in [0, 0.1) is 5.92 Å². The lowest BCUT2D eigenvalue weighted by atomic mass is 9.92. The summed E-state index contributed by atoms with van der Waals surface area (Å²) in [6.07, 6.45) is 4.62. The second-order valence-electron chi connectivity index (χ2n) is 4.90. The van der Waals surface area contributed by atoms with E-state index < -0.39 is 0 Å². The highest BCUT2D eigenvalue weighted by molar-refractivity contribution is 6.21. The first-order chi connectivity index (χ1) is 8.13. The molecule has 0 aliphatic rings. The van der Waals surface area contributed by atoms with Gasteiger partial charge in [-0.05, 0) is 41.9 Å². The van der Waals surface area contributed by atoms with E-state index in [1.807, 2.05) is 0 Å². The molecule has 1 rings (SSSR count). The molecule has 0 spiro atoms. The molecule has 0 nitrogen and oxygen atoms in total. The average molecular weight is 253 g/mol. The van der Waals surface area contributed by atoms with E-state index in [-0.39, 0.29) is 5.38 Å². The van der Waals surface area contributed by atoms with Gasteiger partial charge in [-0.25, -0.2) is 0 Å². The van der Waals surface area contributed by atoms with Gasteiger partial charge in [0.15, 0.2) is 0 Å². The summed E-state index contributed by atoms with van der Waals surface area (Å²) in [6.45, 7) is 8.90. The third-order valence-corrected chi connectivity index (χ3v) is 4.24. The molecule has 0 aliphatic heterocycles. The van der Waals surface area contributed by atoms with Gasteiger partial charge in [0.1, 0.15) is 0 Å². The minimum atomic E-state index is 0.158. The molecule has 0 saturated carbocycles. The Morgan fingerprint density at radius 1 is 1.06 bits per heavy atom. The van der Waals surface area contributed by atoms with Crippen molar-refractivity contribution in [2.45, 2.75) is 58.8 Å². The summed E-state index contributed by atoms with van der Waals surface area (Å²) in [4.78, 5) is 0. The predicted octanol–water partition coefficient (Wildman–Crippen LogP) is 5.53. The third kappa shape index (κ3) is 3.74. The van der Waals surface area contributed by atoms with Crippen molar-refractivity contribution >= 4 is 11.6 Å². The van der Waals surface area contributed by atoms with Gasteiger partial charge in [-0.1, -0.05) is 52.3 Å². The molecular formula is C16H25Cl. The molecule has 0 saturated heterocycles. The molecule has 0 N–H and O–H groups in total. The molecule has 0 heterocycles. The molecule has 1 aromatic rings. The molecule has 0 aromatic heterocycles. The SMILES string of the molecule is CCCC(C)C(Cl)c1ccc(CC)c(CC)c1. The van der Waals surface area contributed by atoms with Crippen molar-refractivity contribution < 1.29 is 0 Å². The number of halogens is 1. The number of alkyl halides is 1. The van der Waals surface area contributed by atoms with Crippen molar-refractivity contribution in [2.24, 2.45) is 5.92 Å². The maximum atomic E-state index is 6.56. The number of hydrogen-bond donors (Lipinski definition) is 0. The zero-order valence-corrected chi connectivity index (χ0v) is 12.3. The van der Waals surface area contributed by atoms with Crippen molar-refractivity contribution in [3.05, 3.63) is 34.9 Å². The molecule has 0 amide bonds. The monoisotopic (exact) mass is 252 g/mol. The highest BCUT2D eigenvalue weighted by Crippen LogP contribution is 2.32. The van der Waals surface area contributed by atoms with Crippen LogP contribution >= 0.6 is 11.6 Å². The van der Waals surface area contributed by atoms with Gasteiger partial charge in [-0.2, -0.15) is 0 Å². The summed E-state index contributed by atoms with van der Waals surface area (Å²) in [6, 6.07) is 6.77. The first kappa shape index (κ1) is 14.6. The van der Waals surface area contributed by atoms with Gasteiger partial charge in [0.05, 0.1) is 5.38 Å². The molecule has 2 atom stereocenters. The highest BCUT2D eigenvalue weighted by atomic mass is 35.5. The Labute approximate surface area is 111 Å². The average Bonchev–Trinajstić information content (AvgIpc) is 2.37. The molecular weight excluding hydrogens is 228 g/mol. The summed E-state index contributed by atoms with van der Waals surface area (Å²) in [5.74, 6) is 0.554. The minimum Gasteiger partial charge on any atom is -0.118 e. The molecule has 1 heteroatoms. The van der Waals surface area contributed by atoms with E-state index in [0.717, 1.165) is 12.8 Å². The van der Waals surface area contributed by atoms with E-state index in [9.17, 15) is 0 Å². The van der Waals surface area contributed by atoms with Crippen LogP contribution in [0.2, 0.25) is 0 Å². The van der Waals surface area contributed by atoms with Gasteiger partial charge >= 0.3 is 0 Å². The number of hydrogen-bond acceptors (Lipinski definition) is 0. The fourth-order valence-electron chi connectivity index (χ4n) is 2.42. The topological polar surface area (TPSA) is 0 Å². The van der Waals surface area contributed by atoms with E-state index in [4.69, 9.17) is 11.6 Å². The molecule has 0 fully saturated rings. The summed E-state index contributed by atoms with van der Waals surface area (Å²) in [5, 5.41) is 0.158. The first-order valence-corrected chi connectivity index (χ1v) is 7.33. The maximum Gasteiger partial charge on any atom is 0.0610 e. The molecule has 1 aromatic carbocycles.